The second-order valence-corrected chi connectivity index (χ2v) is 6.94. The van der Waals surface area contributed by atoms with Gasteiger partial charge in [0.25, 0.3) is 0 Å². The third-order valence-electron chi connectivity index (χ3n) is 3.92. The molecule has 2 aromatic heterocycles. The Balaban J connectivity index is 1.56. The van der Waals surface area contributed by atoms with Crippen molar-refractivity contribution in [3.63, 3.8) is 0 Å². The maximum Gasteiger partial charge on any atom is 0.356 e. The zero-order chi connectivity index (χ0) is 19.4. The molecule has 9 heteroatoms. The van der Waals surface area contributed by atoms with Crippen molar-refractivity contribution >= 4 is 33.6 Å². The Morgan fingerprint density at radius 2 is 1.93 bits per heavy atom. The minimum Gasteiger partial charge on any atom is -0.476 e. The van der Waals surface area contributed by atoms with Crippen LogP contribution in [0.2, 0.25) is 0 Å². The van der Waals surface area contributed by atoms with E-state index in [1.807, 2.05) is 41.9 Å². The molecular formula is C18H18BrN5O3. The van der Waals surface area contributed by atoms with E-state index in [2.05, 4.69) is 31.4 Å². The number of anilines is 1. The van der Waals surface area contributed by atoms with Crippen LogP contribution >= 0.6 is 15.9 Å². The highest BCUT2D eigenvalue weighted by Crippen LogP contribution is 2.14. The SMILES string of the molecule is Cc1cc(NC(=O)CCn2ccc(C(=O)O)n2)nn1Cc1ccc(Br)cc1. The largest absolute Gasteiger partial charge is 0.476 e. The van der Waals surface area contributed by atoms with Crippen molar-refractivity contribution in [2.75, 3.05) is 5.32 Å². The van der Waals surface area contributed by atoms with Crippen LogP contribution in [0.15, 0.2) is 47.1 Å². The van der Waals surface area contributed by atoms with Gasteiger partial charge in [-0.05, 0) is 30.7 Å². The summed E-state index contributed by atoms with van der Waals surface area (Å²) in [6.45, 7) is 2.83. The molecule has 0 fully saturated rings. The average molecular weight is 432 g/mol. The molecule has 0 radical (unpaired) electrons. The number of amides is 1. The third kappa shape index (κ3) is 5.04. The van der Waals surface area contributed by atoms with Crippen LogP contribution in [0.1, 0.15) is 28.2 Å². The highest BCUT2D eigenvalue weighted by molar-refractivity contribution is 9.10. The van der Waals surface area contributed by atoms with Gasteiger partial charge in [0.1, 0.15) is 0 Å². The summed E-state index contributed by atoms with van der Waals surface area (Å²) in [6.07, 6.45) is 1.70. The molecule has 2 heterocycles. The van der Waals surface area contributed by atoms with Crippen molar-refractivity contribution in [2.24, 2.45) is 0 Å². The molecule has 0 aliphatic rings. The fraction of sp³-hybridized carbons (Fsp3) is 0.222. The molecule has 2 N–H and O–H groups in total. The number of carboxylic acid groups (broad SMARTS) is 1. The van der Waals surface area contributed by atoms with Crippen LogP contribution < -0.4 is 5.32 Å². The summed E-state index contributed by atoms with van der Waals surface area (Å²) in [5, 5.41) is 19.9. The lowest BCUT2D eigenvalue weighted by atomic mass is 10.2. The predicted octanol–water partition coefficient (Wildman–Crippen LogP) is 2.93. The number of carbonyl (C=O) groups excluding carboxylic acids is 1. The van der Waals surface area contributed by atoms with Crippen LogP contribution in [0, 0.1) is 6.92 Å². The topological polar surface area (TPSA) is 102 Å². The fourth-order valence-electron chi connectivity index (χ4n) is 2.52. The number of carboxylic acids is 1. The molecule has 0 unspecified atom stereocenters. The Labute approximate surface area is 163 Å². The van der Waals surface area contributed by atoms with Gasteiger partial charge in [-0.25, -0.2) is 4.79 Å². The average Bonchev–Trinajstić information content (AvgIpc) is 3.22. The van der Waals surface area contributed by atoms with Crippen LogP contribution in [0.4, 0.5) is 5.82 Å². The molecule has 3 aromatic rings. The van der Waals surface area contributed by atoms with Gasteiger partial charge >= 0.3 is 5.97 Å². The lowest BCUT2D eigenvalue weighted by molar-refractivity contribution is -0.116. The van der Waals surface area contributed by atoms with Crippen molar-refractivity contribution in [3.05, 3.63) is 64.0 Å². The molecule has 0 aliphatic carbocycles. The Morgan fingerprint density at radius 1 is 1.19 bits per heavy atom. The summed E-state index contributed by atoms with van der Waals surface area (Å²) < 4.78 is 4.27. The summed E-state index contributed by atoms with van der Waals surface area (Å²) >= 11 is 3.41. The van der Waals surface area contributed by atoms with E-state index in [0.717, 1.165) is 15.7 Å². The van der Waals surface area contributed by atoms with Crippen LogP contribution in [-0.2, 0) is 17.9 Å². The third-order valence-corrected chi connectivity index (χ3v) is 4.45. The summed E-state index contributed by atoms with van der Waals surface area (Å²) in [5.41, 5.74) is 2.00. The van der Waals surface area contributed by atoms with Crippen LogP contribution in [-0.4, -0.2) is 36.5 Å². The number of benzene rings is 1. The predicted molar refractivity (Wildman–Crippen MR) is 103 cm³/mol. The van der Waals surface area contributed by atoms with Gasteiger partial charge in [-0.1, -0.05) is 28.1 Å². The number of hydrogen-bond acceptors (Lipinski definition) is 4. The molecule has 0 aliphatic heterocycles. The van der Waals surface area contributed by atoms with Crippen LogP contribution in [0.5, 0.6) is 0 Å². The lowest BCUT2D eigenvalue weighted by Gasteiger charge is -2.05. The van der Waals surface area contributed by atoms with Gasteiger partial charge in [0.2, 0.25) is 5.91 Å². The number of halogens is 1. The van der Waals surface area contributed by atoms with Crippen molar-refractivity contribution in [1.82, 2.24) is 19.6 Å². The molecule has 1 aromatic carbocycles. The van der Waals surface area contributed by atoms with Crippen molar-refractivity contribution in [2.45, 2.75) is 26.4 Å². The van der Waals surface area contributed by atoms with E-state index in [0.29, 0.717) is 12.4 Å². The van der Waals surface area contributed by atoms with E-state index < -0.39 is 5.97 Å². The highest BCUT2D eigenvalue weighted by Gasteiger charge is 2.10. The monoisotopic (exact) mass is 431 g/mol. The Morgan fingerprint density at radius 3 is 2.59 bits per heavy atom. The van der Waals surface area contributed by atoms with Gasteiger partial charge in [0, 0.05) is 35.4 Å². The normalized spacial score (nSPS) is 10.7. The molecule has 0 spiro atoms. The number of aryl methyl sites for hydroxylation is 2. The first kappa shape index (κ1) is 18.8. The van der Waals surface area contributed by atoms with Gasteiger partial charge in [0.15, 0.2) is 11.5 Å². The summed E-state index contributed by atoms with van der Waals surface area (Å²) in [5.74, 6) is -0.818. The maximum atomic E-state index is 12.1. The number of aromatic carboxylic acids is 1. The smallest absolute Gasteiger partial charge is 0.356 e. The Kier molecular flexibility index (Phi) is 5.70. The van der Waals surface area contributed by atoms with Crippen molar-refractivity contribution in [3.8, 4) is 0 Å². The highest BCUT2D eigenvalue weighted by atomic mass is 79.9. The van der Waals surface area contributed by atoms with E-state index in [-0.39, 0.29) is 24.6 Å². The van der Waals surface area contributed by atoms with Crippen LogP contribution in [0.3, 0.4) is 0 Å². The molecule has 8 nitrogen and oxygen atoms in total. The summed E-state index contributed by atoms with van der Waals surface area (Å²) in [7, 11) is 0. The van der Waals surface area contributed by atoms with E-state index in [1.165, 1.54) is 16.9 Å². The van der Waals surface area contributed by atoms with E-state index in [4.69, 9.17) is 5.11 Å². The van der Waals surface area contributed by atoms with E-state index in [9.17, 15) is 9.59 Å². The quantitative estimate of drug-likeness (QED) is 0.598. The minimum atomic E-state index is -1.09. The van der Waals surface area contributed by atoms with Gasteiger partial charge in [0.05, 0.1) is 6.54 Å². The maximum absolute atomic E-state index is 12.1. The molecule has 27 heavy (non-hydrogen) atoms. The standard InChI is InChI=1S/C18H18BrN5O3/c1-12-10-16(22-24(12)11-13-2-4-14(19)5-3-13)20-17(25)7-9-23-8-6-15(21-23)18(26)27/h2-6,8,10H,7,9,11H2,1H3,(H,26,27)(H,20,22,25). The fourth-order valence-corrected chi connectivity index (χ4v) is 2.78. The van der Waals surface area contributed by atoms with E-state index in [1.54, 1.807) is 0 Å². The Bertz CT molecular complexity index is 962. The first-order valence-corrected chi connectivity index (χ1v) is 9.05. The lowest BCUT2D eigenvalue weighted by Crippen LogP contribution is -2.15. The molecule has 0 saturated carbocycles. The molecule has 3 rings (SSSR count). The number of aromatic nitrogens is 4. The second kappa shape index (κ2) is 8.17. The summed E-state index contributed by atoms with van der Waals surface area (Å²) in [4.78, 5) is 22.9. The number of rotatable bonds is 7. The molecule has 0 atom stereocenters. The Hall–Kier alpha value is -2.94. The van der Waals surface area contributed by atoms with Crippen molar-refractivity contribution < 1.29 is 14.7 Å². The molecular weight excluding hydrogens is 414 g/mol. The summed E-state index contributed by atoms with van der Waals surface area (Å²) in [6, 6.07) is 11.2. The first-order valence-electron chi connectivity index (χ1n) is 8.26. The van der Waals surface area contributed by atoms with Gasteiger partial charge in [-0.3, -0.25) is 14.2 Å². The first-order chi connectivity index (χ1) is 12.9. The van der Waals surface area contributed by atoms with E-state index >= 15 is 0 Å². The number of nitrogens with zero attached hydrogens (tertiary/aromatic N) is 4. The molecule has 140 valence electrons. The van der Waals surface area contributed by atoms with Crippen molar-refractivity contribution in [1.29, 1.82) is 0 Å². The second-order valence-electron chi connectivity index (χ2n) is 6.02. The molecule has 1 amide bonds. The molecule has 0 bridgehead atoms. The minimum absolute atomic E-state index is 0.0438. The number of nitrogens with one attached hydrogen (secondary N) is 1. The number of carbonyl (C=O) groups is 2. The zero-order valence-corrected chi connectivity index (χ0v) is 16.2. The van der Waals surface area contributed by atoms with Gasteiger partial charge < -0.3 is 10.4 Å². The molecule has 0 saturated heterocycles. The number of hydrogen-bond donors (Lipinski definition) is 2. The van der Waals surface area contributed by atoms with Crippen LogP contribution in [0.25, 0.3) is 0 Å². The van der Waals surface area contributed by atoms with Gasteiger partial charge in [-0.15, -0.1) is 0 Å². The van der Waals surface area contributed by atoms with Gasteiger partial charge in [-0.2, -0.15) is 10.2 Å². The zero-order valence-electron chi connectivity index (χ0n) is 14.6.